The van der Waals surface area contributed by atoms with Crippen LogP contribution in [0.25, 0.3) is 0 Å². The number of benzene rings is 1. The number of nitrogens with two attached hydrogens (primary N) is 2. The molecule has 7 nitrogen and oxygen atoms in total. The zero-order valence-corrected chi connectivity index (χ0v) is 14.7. The molecular weight excluding hydrogens is 328 g/mol. The summed E-state index contributed by atoms with van der Waals surface area (Å²) in [6.45, 7) is 2.81. The van der Waals surface area contributed by atoms with Crippen LogP contribution >= 0.6 is 0 Å². The fraction of sp³-hybridized carbons (Fsp3) is 0.421. The third kappa shape index (κ3) is 3.35. The van der Waals surface area contributed by atoms with Gasteiger partial charge in [0, 0.05) is 49.8 Å². The lowest BCUT2D eigenvalue weighted by Gasteiger charge is -2.36. The highest BCUT2D eigenvalue weighted by Crippen LogP contribution is 2.36. The molecule has 1 saturated carbocycles. The SMILES string of the molecule is Nc1nc(C2CC(N)C2)cc(N2CCN(C(=O)c3ccccc3)CC2)n1. The topological polar surface area (TPSA) is 101 Å². The summed E-state index contributed by atoms with van der Waals surface area (Å²) in [5.41, 5.74) is 13.5. The second-order valence-corrected chi connectivity index (χ2v) is 7.08. The molecule has 1 aromatic carbocycles. The Balaban J connectivity index is 1.42. The molecule has 1 aromatic heterocycles. The fourth-order valence-corrected chi connectivity index (χ4v) is 3.65. The van der Waals surface area contributed by atoms with Gasteiger partial charge in [0.05, 0.1) is 5.69 Å². The van der Waals surface area contributed by atoms with Crippen molar-refractivity contribution in [1.82, 2.24) is 14.9 Å². The summed E-state index contributed by atoms with van der Waals surface area (Å²) in [5, 5.41) is 0. The predicted molar refractivity (Wildman–Crippen MR) is 101 cm³/mol. The number of nitrogens with zero attached hydrogens (tertiary/aromatic N) is 4. The lowest BCUT2D eigenvalue weighted by Crippen LogP contribution is -2.49. The van der Waals surface area contributed by atoms with E-state index in [-0.39, 0.29) is 11.9 Å². The standard InChI is InChI=1S/C19H24N6O/c20-15-10-14(11-15)16-12-17(23-19(21)22-16)24-6-8-25(9-7-24)18(26)13-4-2-1-3-5-13/h1-5,12,14-15H,6-11,20H2,(H2,21,22,23). The van der Waals surface area contributed by atoms with E-state index in [0.29, 0.717) is 25.0 Å². The number of aromatic nitrogens is 2. The van der Waals surface area contributed by atoms with Gasteiger partial charge < -0.3 is 21.3 Å². The third-order valence-electron chi connectivity index (χ3n) is 5.25. The molecule has 2 aliphatic rings. The number of piperazine rings is 1. The van der Waals surface area contributed by atoms with Crippen LogP contribution in [0, 0.1) is 0 Å². The van der Waals surface area contributed by atoms with Gasteiger partial charge in [-0.05, 0) is 25.0 Å². The molecule has 0 bridgehead atoms. The molecule has 1 amide bonds. The Hall–Kier alpha value is -2.67. The molecule has 0 atom stereocenters. The molecule has 4 rings (SSSR count). The number of carbonyl (C=O) groups is 1. The summed E-state index contributed by atoms with van der Waals surface area (Å²) in [6, 6.07) is 11.7. The van der Waals surface area contributed by atoms with Crippen molar-refractivity contribution in [2.75, 3.05) is 36.8 Å². The van der Waals surface area contributed by atoms with E-state index >= 15 is 0 Å². The van der Waals surface area contributed by atoms with Gasteiger partial charge in [0.15, 0.2) is 0 Å². The van der Waals surface area contributed by atoms with Gasteiger partial charge in [0.2, 0.25) is 5.95 Å². The summed E-state index contributed by atoms with van der Waals surface area (Å²) in [6.07, 6.45) is 1.91. The van der Waals surface area contributed by atoms with Gasteiger partial charge in [-0.2, -0.15) is 4.98 Å². The van der Waals surface area contributed by atoms with E-state index in [2.05, 4.69) is 14.9 Å². The number of hydrogen-bond acceptors (Lipinski definition) is 6. The van der Waals surface area contributed by atoms with Crippen LogP contribution in [0.5, 0.6) is 0 Å². The minimum atomic E-state index is 0.0802. The molecule has 2 heterocycles. The molecular formula is C19H24N6O. The first-order chi connectivity index (χ1) is 12.6. The van der Waals surface area contributed by atoms with E-state index in [0.717, 1.165) is 43.0 Å². The number of hydrogen-bond donors (Lipinski definition) is 2. The molecule has 0 unspecified atom stereocenters. The Morgan fingerprint density at radius 1 is 1.04 bits per heavy atom. The van der Waals surface area contributed by atoms with Crippen molar-refractivity contribution in [2.24, 2.45) is 5.73 Å². The first-order valence-electron chi connectivity index (χ1n) is 9.09. The largest absolute Gasteiger partial charge is 0.368 e. The normalized spacial score (nSPS) is 22.8. The van der Waals surface area contributed by atoms with E-state index in [9.17, 15) is 4.79 Å². The number of rotatable bonds is 3. The molecule has 26 heavy (non-hydrogen) atoms. The summed E-state index contributed by atoms with van der Waals surface area (Å²) >= 11 is 0. The van der Waals surface area contributed by atoms with Gasteiger partial charge in [0.1, 0.15) is 5.82 Å². The number of nitrogen functional groups attached to an aromatic ring is 1. The zero-order chi connectivity index (χ0) is 18.1. The number of carbonyl (C=O) groups excluding carboxylic acids is 1. The molecule has 1 aliphatic heterocycles. The molecule has 0 spiro atoms. The predicted octanol–water partition coefficient (Wildman–Crippen LogP) is 1.23. The van der Waals surface area contributed by atoms with E-state index in [4.69, 9.17) is 11.5 Å². The van der Waals surface area contributed by atoms with Crippen LogP contribution in [0.2, 0.25) is 0 Å². The first kappa shape index (κ1) is 16.8. The summed E-state index contributed by atoms with van der Waals surface area (Å²) in [7, 11) is 0. The van der Waals surface area contributed by atoms with E-state index in [1.54, 1.807) is 0 Å². The highest BCUT2D eigenvalue weighted by Gasteiger charge is 2.30. The van der Waals surface area contributed by atoms with Crippen molar-refractivity contribution in [2.45, 2.75) is 24.8 Å². The van der Waals surface area contributed by atoms with Crippen LogP contribution in [0.15, 0.2) is 36.4 Å². The minimum absolute atomic E-state index is 0.0802. The number of amides is 1. The van der Waals surface area contributed by atoms with Gasteiger partial charge in [0.25, 0.3) is 5.91 Å². The lowest BCUT2D eigenvalue weighted by atomic mass is 9.78. The molecule has 4 N–H and O–H groups in total. The van der Waals surface area contributed by atoms with Gasteiger partial charge in [-0.25, -0.2) is 4.98 Å². The molecule has 1 aliphatic carbocycles. The Morgan fingerprint density at radius 3 is 2.38 bits per heavy atom. The third-order valence-corrected chi connectivity index (χ3v) is 5.25. The lowest BCUT2D eigenvalue weighted by molar-refractivity contribution is 0.0746. The van der Waals surface area contributed by atoms with E-state index < -0.39 is 0 Å². The zero-order valence-electron chi connectivity index (χ0n) is 14.7. The monoisotopic (exact) mass is 352 g/mol. The van der Waals surface area contributed by atoms with E-state index in [1.165, 1.54) is 0 Å². The number of anilines is 2. The summed E-state index contributed by atoms with van der Waals surface area (Å²) in [5.74, 6) is 1.62. The quantitative estimate of drug-likeness (QED) is 0.861. The molecule has 0 radical (unpaired) electrons. The molecule has 2 fully saturated rings. The van der Waals surface area contributed by atoms with Crippen molar-refractivity contribution < 1.29 is 4.79 Å². The molecule has 1 saturated heterocycles. The molecule has 136 valence electrons. The average molecular weight is 352 g/mol. The maximum atomic E-state index is 12.6. The second-order valence-electron chi connectivity index (χ2n) is 7.08. The van der Waals surface area contributed by atoms with Crippen LogP contribution in [0.1, 0.15) is 34.8 Å². The van der Waals surface area contributed by atoms with Crippen molar-refractivity contribution in [3.63, 3.8) is 0 Å². The van der Waals surface area contributed by atoms with Crippen LogP contribution in [0.4, 0.5) is 11.8 Å². The summed E-state index contributed by atoms with van der Waals surface area (Å²) in [4.78, 5) is 25.4. The van der Waals surface area contributed by atoms with Crippen LogP contribution in [0.3, 0.4) is 0 Å². The van der Waals surface area contributed by atoms with Crippen molar-refractivity contribution in [3.05, 3.63) is 47.7 Å². The average Bonchev–Trinajstić information content (AvgIpc) is 2.65. The van der Waals surface area contributed by atoms with Gasteiger partial charge in [-0.1, -0.05) is 18.2 Å². The summed E-state index contributed by atoms with van der Waals surface area (Å²) < 4.78 is 0. The van der Waals surface area contributed by atoms with Crippen molar-refractivity contribution in [3.8, 4) is 0 Å². The Morgan fingerprint density at radius 2 is 1.73 bits per heavy atom. The van der Waals surface area contributed by atoms with Crippen LogP contribution in [-0.2, 0) is 0 Å². The maximum Gasteiger partial charge on any atom is 0.253 e. The van der Waals surface area contributed by atoms with Gasteiger partial charge >= 0.3 is 0 Å². The Kier molecular flexibility index (Phi) is 4.46. The van der Waals surface area contributed by atoms with Crippen molar-refractivity contribution in [1.29, 1.82) is 0 Å². The van der Waals surface area contributed by atoms with E-state index in [1.807, 2.05) is 41.3 Å². The smallest absolute Gasteiger partial charge is 0.253 e. The van der Waals surface area contributed by atoms with Gasteiger partial charge in [-0.3, -0.25) is 4.79 Å². The fourth-order valence-electron chi connectivity index (χ4n) is 3.65. The minimum Gasteiger partial charge on any atom is -0.368 e. The Bertz CT molecular complexity index is 782. The first-order valence-corrected chi connectivity index (χ1v) is 9.09. The molecule has 7 heteroatoms. The highest BCUT2D eigenvalue weighted by atomic mass is 16.2. The maximum absolute atomic E-state index is 12.6. The van der Waals surface area contributed by atoms with Crippen LogP contribution < -0.4 is 16.4 Å². The highest BCUT2D eigenvalue weighted by molar-refractivity contribution is 5.94. The Labute approximate surface area is 153 Å². The molecule has 2 aromatic rings. The second kappa shape index (κ2) is 6.92. The van der Waals surface area contributed by atoms with Gasteiger partial charge in [-0.15, -0.1) is 0 Å². The van der Waals surface area contributed by atoms with Crippen molar-refractivity contribution >= 4 is 17.7 Å². The van der Waals surface area contributed by atoms with Crippen LogP contribution in [-0.4, -0.2) is 53.0 Å².